The third kappa shape index (κ3) is 7.57. The summed E-state index contributed by atoms with van der Waals surface area (Å²) in [7, 11) is 0. The van der Waals surface area contributed by atoms with E-state index in [-0.39, 0.29) is 0 Å². The van der Waals surface area contributed by atoms with Gasteiger partial charge in [0, 0.05) is 29.7 Å². The van der Waals surface area contributed by atoms with E-state index in [1.165, 1.54) is 11.1 Å². The van der Waals surface area contributed by atoms with Crippen LogP contribution in [0.4, 0.5) is 0 Å². The predicted octanol–water partition coefficient (Wildman–Crippen LogP) is 8.25. The Hall–Kier alpha value is -4.89. The Kier molecular flexibility index (Phi) is 9.24. The fraction of sp³-hybridized carbons (Fsp3) is 0. The van der Waals surface area contributed by atoms with Crippen LogP contribution in [0, 0.1) is 0 Å². The molecule has 0 spiro atoms. The molecule has 36 heavy (non-hydrogen) atoms. The molecule has 6 rings (SSSR count). The summed E-state index contributed by atoms with van der Waals surface area (Å²) in [4.78, 5) is 12.4. The van der Waals surface area contributed by atoms with Gasteiger partial charge in [-0.25, -0.2) is 0 Å². The van der Waals surface area contributed by atoms with Crippen molar-refractivity contribution >= 4 is 0 Å². The number of benzene rings is 4. The minimum absolute atomic E-state index is 0.915. The molecule has 0 aliphatic rings. The second-order valence-corrected chi connectivity index (χ2v) is 7.77. The molecule has 0 amide bonds. The number of rotatable bonds is 3. The van der Waals surface area contributed by atoms with E-state index >= 15 is 0 Å². The first-order valence-corrected chi connectivity index (χ1v) is 11.8. The number of aromatic nitrogens is 3. The van der Waals surface area contributed by atoms with Crippen molar-refractivity contribution < 1.29 is 0 Å². The largest absolute Gasteiger partial charge is 0.261 e. The first-order valence-electron chi connectivity index (χ1n) is 11.8. The van der Waals surface area contributed by atoms with Crippen molar-refractivity contribution in [3.05, 3.63) is 164 Å². The highest BCUT2D eigenvalue weighted by Gasteiger charge is 1.95. The van der Waals surface area contributed by atoms with Gasteiger partial charge >= 0.3 is 0 Å². The molecule has 0 bridgehead atoms. The normalized spacial score (nSPS) is 9.67. The molecule has 3 heteroatoms. The van der Waals surface area contributed by atoms with Crippen LogP contribution in [0.3, 0.4) is 0 Å². The summed E-state index contributed by atoms with van der Waals surface area (Å²) in [6, 6.07) is 46.9. The summed E-state index contributed by atoms with van der Waals surface area (Å²) >= 11 is 0. The van der Waals surface area contributed by atoms with Crippen molar-refractivity contribution in [2.75, 3.05) is 0 Å². The average molecular weight is 466 g/mol. The summed E-state index contributed by atoms with van der Waals surface area (Å²) in [5.41, 5.74) is 6.76. The molecule has 0 saturated heterocycles. The molecule has 3 nitrogen and oxygen atoms in total. The van der Waals surface area contributed by atoms with Crippen molar-refractivity contribution in [3.63, 3.8) is 0 Å². The van der Waals surface area contributed by atoms with Crippen LogP contribution in [0.25, 0.3) is 33.6 Å². The highest BCUT2D eigenvalue weighted by Crippen LogP contribution is 2.17. The van der Waals surface area contributed by atoms with Crippen LogP contribution in [0.1, 0.15) is 0 Å². The zero-order chi connectivity index (χ0) is 24.7. The van der Waals surface area contributed by atoms with Gasteiger partial charge in [0.1, 0.15) is 0 Å². The Morgan fingerprint density at radius 2 is 0.722 bits per heavy atom. The molecule has 4 aromatic carbocycles. The fourth-order valence-corrected chi connectivity index (χ4v) is 3.46. The fourth-order valence-electron chi connectivity index (χ4n) is 3.46. The molecule has 0 saturated carbocycles. The molecule has 0 unspecified atom stereocenters. The van der Waals surface area contributed by atoms with E-state index < -0.39 is 0 Å². The van der Waals surface area contributed by atoms with Gasteiger partial charge in [-0.2, -0.15) is 0 Å². The minimum atomic E-state index is 0.915. The minimum Gasteiger partial charge on any atom is -0.261 e. The maximum Gasteiger partial charge on any atom is 0.0885 e. The van der Waals surface area contributed by atoms with Gasteiger partial charge in [0.05, 0.1) is 17.6 Å². The van der Waals surface area contributed by atoms with Crippen LogP contribution in [0.5, 0.6) is 0 Å². The summed E-state index contributed by atoms with van der Waals surface area (Å²) in [6.45, 7) is 0. The number of pyridine rings is 1. The second kappa shape index (κ2) is 13.7. The van der Waals surface area contributed by atoms with Gasteiger partial charge in [-0.15, -0.1) is 0 Å². The van der Waals surface area contributed by atoms with Crippen LogP contribution in [-0.2, 0) is 0 Å². The quantitative estimate of drug-likeness (QED) is 0.264. The van der Waals surface area contributed by atoms with Crippen molar-refractivity contribution in [3.8, 4) is 33.6 Å². The third-order valence-corrected chi connectivity index (χ3v) is 5.25. The van der Waals surface area contributed by atoms with Gasteiger partial charge in [-0.05, 0) is 23.3 Å². The van der Waals surface area contributed by atoms with E-state index in [4.69, 9.17) is 0 Å². The maximum atomic E-state index is 4.25. The first kappa shape index (κ1) is 24.2. The Labute approximate surface area is 212 Å². The summed E-state index contributed by atoms with van der Waals surface area (Å²) in [6.07, 6.45) is 6.94. The summed E-state index contributed by atoms with van der Waals surface area (Å²) < 4.78 is 0. The molecule has 0 radical (unpaired) electrons. The van der Waals surface area contributed by atoms with E-state index in [1.54, 1.807) is 18.6 Å². The molecule has 0 aliphatic carbocycles. The molecule has 2 aromatic heterocycles. The van der Waals surface area contributed by atoms with E-state index in [2.05, 4.69) is 75.6 Å². The van der Waals surface area contributed by atoms with Gasteiger partial charge in [-0.1, -0.05) is 127 Å². The van der Waals surface area contributed by atoms with Gasteiger partial charge in [0.25, 0.3) is 0 Å². The van der Waals surface area contributed by atoms with Crippen LogP contribution < -0.4 is 0 Å². The lowest BCUT2D eigenvalue weighted by atomic mass is 10.1. The van der Waals surface area contributed by atoms with E-state index in [0.29, 0.717) is 0 Å². The predicted molar refractivity (Wildman–Crippen MR) is 149 cm³/mol. The Morgan fingerprint density at radius 3 is 1.14 bits per heavy atom. The SMILES string of the molecule is c1ccc(-c2ccccc2)cc1.c1ccc(-c2ccccn2)cc1.c1ccc(-c2cnccn2)cc1. The zero-order valence-electron chi connectivity index (χ0n) is 19.9. The van der Waals surface area contributed by atoms with Gasteiger partial charge in [0.2, 0.25) is 0 Å². The standard InChI is InChI=1S/C12H10.C11H9N.C10H8N2/c1-3-7-11(8-4-1)12-9-5-2-6-10-12;1-2-6-10(7-3-1)11-8-4-5-9-12-11;1-2-4-9(5-3-1)10-8-11-6-7-12-10/h1-10H;1-9H;1-8H. The molecule has 174 valence electrons. The maximum absolute atomic E-state index is 4.25. The molecule has 0 aliphatic heterocycles. The molecular weight excluding hydrogens is 438 g/mol. The first-order chi connectivity index (χ1) is 17.9. The van der Waals surface area contributed by atoms with E-state index in [9.17, 15) is 0 Å². The number of hydrogen-bond acceptors (Lipinski definition) is 3. The van der Waals surface area contributed by atoms with Crippen LogP contribution in [-0.4, -0.2) is 15.0 Å². The van der Waals surface area contributed by atoms with Gasteiger partial charge < -0.3 is 0 Å². The molecular formula is C33H27N3. The molecule has 0 fully saturated rings. The molecule has 2 heterocycles. The summed E-state index contributed by atoms with van der Waals surface area (Å²) in [5, 5.41) is 0. The highest BCUT2D eigenvalue weighted by molar-refractivity contribution is 5.62. The van der Waals surface area contributed by atoms with Gasteiger partial charge in [0.15, 0.2) is 0 Å². The highest BCUT2D eigenvalue weighted by atomic mass is 14.8. The Morgan fingerprint density at radius 1 is 0.306 bits per heavy atom. The average Bonchev–Trinajstić information content (AvgIpc) is 3.01. The number of hydrogen-bond donors (Lipinski definition) is 0. The molecule has 6 aromatic rings. The van der Waals surface area contributed by atoms with E-state index in [0.717, 1.165) is 22.5 Å². The lowest BCUT2D eigenvalue weighted by Crippen LogP contribution is -1.82. The zero-order valence-corrected chi connectivity index (χ0v) is 19.9. The number of nitrogens with zero attached hydrogens (tertiary/aromatic N) is 3. The topological polar surface area (TPSA) is 38.7 Å². The lowest BCUT2D eigenvalue weighted by molar-refractivity contribution is 1.21. The lowest BCUT2D eigenvalue weighted by Gasteiger charge is -1.98. The van der Waals surface area contributed by atoms with Gasteiger partial charge in [-0.3, -0.25) is 15.0 Å². The van der Waals surface area contributed by atoms with E-state index in [1.807, 2.05) is 85.1 Å². The van der Waals surface area contributed by atoms with Crippen molar-refractivity contribution in [1.29, 1.82) is 0 Å². The smallest absolute Gasteiger partial charge is 0.0885 e. The Balaban J connectivity index is 0.000000127. The molecule has 0 atom stereocenters. The molecule has 0 N–H and O–H groups in total. The second-order valence-electron chi connectivity index (χ2n) is 7.77. The third-order valence-electron chi connectivity index (χ3n) is 5.25. The van der Waals surface area contributed by atoms with Crippen LogP contribution in [0.2, 0.25) is 0 Å². The van der Waals surface area contributed by atoms with Crippen LogP contribution in [0.15, 0.2) is 164 Å². The van der Waals surface area contributed by atoms with Crippen molar-refractivity contribution in [1.82, 2.24) is 15.0 Å². The monoisotopic (exact) mass is 465 g/mol. The van der Waals surface area contributed by atoms with Crippen LogP contribution >= 0.6 is 0 Å². The Bertz CT molecular complexity index is 1090. The summed E-state index contributed by atoms with van der Waals surface area (Å²) in [5.74, 6) is 0. The van der Waals surface area contributed by atoms with Crippen molar-refractivity contribution in [2.24, 2.45) is 0 Å². The van der Waals surface area contributed by atoms with Crippen molar-refractivity contribution in [2.45, 2.75) is 0 Å².